The van der Waals surface area contributed by atoms with Crippen molar-refractivity contribution in [2.24, 2.45) is 5.92 Å². The normalized spacial score (nSPS) is 23.9. The maximum atomic E-state index is 12.8. The summed E-state index contributed by atoms with van der Waals surface area (Å²) in [7, 11) is 0. The molecule has 0 unspecified atom stereocenters. The number of amides is 1. The Morgan fingerprint density at radius 2 is 1.92 bits per heavy atom. The van der Waals surface area contributed by atoms with Crippen LogP contribution < -0.4 is 5.56 Å². The summed E-state index contributed by atoms with van der Waals surface area (Å²) in [5, 5.41) is 0.571. The fraction of sp³-hybridized carbons (Fsp3) is 0.526. The van der Waals surface area contributed by atoms with Crippen molar-refractivity contribution in [3.05, 3.63) is 40.9 Å². The Labute approximate surface area is 141 Å². The molecule has 2 atom stereocenters. The lowest BCUT2D eigenvalue weighted by Gasteiger charge is -2.44. The molecule has 5 nitrogen and oxygen atoms in total. The summed E-state index contributed by atoms with van der Waals surface area (Å²) in [6, 6.07) is 7.66. The number of para-hydroxylation sites is 1. The Bertz CT molecular complexity index is 812. The van der Waals surface area contributed by atoms with Gasteiger partial charge in [0, 0.05) is 12.6 Å². The smallest absolute Gasteiger partial charge is 0.261 e. The van der Waals surface area contributed by atoms with E-state index in [9.17, 15) is 9.59 Å². The molecule has 2 aromatic rings. The molecule has 24 heavy (non-hydrogen) atoms. The maximum absolute atomic E-state index is 12.8. The van der Waals surface area contributed by atoms with Crippen molar-refractivity contribution in [2.45, 2.75) is 51.1 Å². The summed E-state index contributed by atoms with van der Waals surface area (Å²) in [4.78, 5) is 31.8. The van der Waals surface area contributed by atoms with E-state index in [1.165, 1.54) is 36.6 Å². The van der Waals surface area contributed by atoms with Crippen molar-refractivity contribution in [3.63, 3.8) is 0 Å². The van der Waals surface area contributed by atoms with Crippen LogP contribution in [0.1, 0.15) is 38.5 Å². The molecule has 0 spiro atoms. The SMILES string of the molecule is O=C(Cn1cnc2ccccc2c1=O)N1CCC[C@@H]2CCCC[C@@H]21. The molecule has 1 saturated carbocycles. The molecule has 126 valence electrons. The summed E-state index contributed by atoms with van der Waals surface area (Å²) >= 11 is 0. The molecule has 0 radical (unpaired) electrons. The molecule has 2 fully saturated rings. The van der Waals surface area contributed by atoms with Crippen LogP contribution in [0.15, 0.2) is 35.4 Å². The molecule has 5 heteroatoms. The van der Waals surface area contributed by atoms with Gasteiger partial charge in [0.2, 0.25) is 5.91 Å². The Hall–Kier alpha value is -2.17. The van der Waals surface area contributed by atoms with Gasteiger partial charge in [0.15, 0.2) is 0 Å². The molecule has 4 rings (SSSR count). The van der Waals surface area contributed by atoms with E-state index in [1.807, 2.05) is 23.1 Å². The first-order chi connectivity index (χ1) is 11.7. The van der Waals surface area contributed by atoms with E-state index in [4.69, 9.17) is 0 Å². The van der Waals surface area contributed by atoms with Crippen LogP contribution in [0, 0.1) is 5.92 Å². The summed E-state index contributed by atoms with van der Waals surface area (Å²) in [5.41, 5.74) is 0.544. The van der Waals surface area contributed by atoms with E-state index in [0.717, 1.165) is 19.4 Å². The molecule has 1 amide bonds. The summed E-state index contributed by atoms with van der Waals surface area (Å²) < 4.78 is 1.46. The van der Waals surface area contributed by atoms with Crippen molar-refractivity contribution >= 4 is 16.8 Å². The molecule has 0 bridgehead atoms. The summed E-state index contributed by atoms with van der Waals surface area (Å²) in [6.07, 6.45) is 8.68. The van der Waals surface area contributed by atoms with Crippen LogP contribution in [0.25, 0.3) is 10.9 Å². The topological polar surface area (TPSA) is 55.2 Å². The fourth-order valence-corrected chi connectivity index (χ4v) is 4.39. The first-order valence-electron chi connectivity index (χ1n) is 8.98. The summed E-state index contributed by atoms with van der Waals surface area (Å²) in [5.74, 6) is 0.716. The summed E-state index contributed by atoms with van der Waals surface area (Å²) in [6.45, 7) is 0.926. The maximum Gasteiger partial charge on any atom is 0.261 e. The zero-order chi connectivity index (χ0) is 16.5. The monoisotopic (exact) mass is 325 g/mol. The van der Waals surface area contributed by atoms with E-state index in [-0.39, 0.29) is 18.0 Å². The second-order valence-electron chi connectivity index (χ2n) is 7.04. The van der Waals surface area contributed by atoms with Crippen LogP contribution in [0.3, 0.4) is 0 Å². The van der Waals surface area contributed by atoms with Crippen molar-refractivity contribution < 1.29 is 4.79 Å². The average Bonchev–Trinajstić information content (AvgIpc) is 2.63. The van der Waals surface area contributed by atoms with Gasteiger partial charge >= 0.3 is 0 Å². The number of rotatable bonds is 2. The molecule has 1 aromatic heterocycles. The Morgan fingerprint density at radius 3 is 2.83 bits per heavy atom. The zero-order valence-electron chi connectivity index (χ0n) is 13.9. The van der Waals surface area contributed by atoms with Crippen LogP contribution in [-0.2, 0) is 11.3 Å². The minimum absolute atomic E-state index is 0.0609. The predicted molar refractivity (Wildman–Crippen MR) is 92.7 cm³/mol. The van der Waals surface area contributed by atoms with Crippen LogP contribution in [0.5, 0.6) is 0 Å². The minimum atomic E-state index is -0.133. The highest BCUT2D eigenvalue weighted by molar-refractivity contribution is 5.79. The highest BCUT2D eigenvalue weighted by Gasteiger charge is 2.35. The number of carbonyl (C=O) groups excluding carboxylic acids is 1. The number of carbonyl (C=O) groups is 1. The highest BCUT2D eigenvalue weighted by Crippen LogP contribution is 2.35. The van der Waals surface area contributed by atoms with E-state index < -0.39 is 0 Å². The van der Waals surface area contributed by atoms with E-state index in [0.29, 0.717) is 22.9 Å². The number of benzene rings is 1. The highest BCUT2D eigenvalue weighted by atomic mass is 16.2. The standard InChI is InChI=1S/C19H23N3O2/c23-18(22-11-5-7-14-6-1-4-10-17(14)22)12-21-13-20-16-9-3-2-8-15(16)19(21)24/h2-3,8-9,13-14,17H,1,4-7,10-12H2/t14-,17-/m0/s1. The van der Waals surface area contributed by atoms with Crippen LogP contribution in [0.2, 0.25) is 0 Å². The lowest BCUT2D eigenvalue weighted by Crippen LogP contribution is -2.51. The van der Waals surface area contributed by atoms with Gasteiger partial charge in [-0.1, -0.05) is 25.0 Å². The Morgan fingerprint density at radius 1 is 1.12 bits per heavy atom. The first-order valence-corrected chi connectivity index (χ1v) is 8.98. The second kappa shape index (κ2) is 6.38. The number of aromatic nitrogens is 2. The number of nitrogens with zero attached hydrogens (tertiary/aromatic N) is 3. The average molecular weight is 325 g/mol. The van der Waals surface area contributed by atoms with Gasteiger partial charge in [0.25, 0.3) is 5.56 Å². The van der Waals surface area contributed by atoms with E-state index >= 15 is 0 Å². The first kappa shape index (κ1) is 15.4. The molecular weight excluding hydrogens is 302 g/mol. The Balaban J connectivity index is 1.57. The number of hydrogen-bond donors (Lipinski definition) is 0. The molecule has 2 heterocycles. The van der Waals surface area contributed by atoms with Gasteiger partial charge in [0.05, 0.1) is 17.2 Å². The zero-order valence-corrected chi connectivity index (χ0v) is 13.9. The van der Waals surface area contributed by atoms with Gasteiger partial charge in [-0.2, -0.15) is 0 Å². The van der Waals surface area contributed by atoms with Gasteiger partial charge in [-0.3, -0.25) is 14.2 Å². The lowest BCUT2D eigenvalue weighted by atomic mass is 9.78. The van der Waals surface area contributed by atoms with Crippen LogP contribution in [0.4, 0.5) is 0 Å². The van der Waals surface area contributed by atoms with Gasteiger partial charge in [-0.15, -0.1) is 0 Å². The molecule has 0 N–H and O–H groups in total. The molecule has 2 aliphatic rings. The van der Waals surface area contributed by atoms with Gasteiger partial charge in [-0.05, 0) is 43.7 Å². The van der Waals surface area contributed by atoms with Crippen molar-refractivity contribution in [2.75, 3.05) is 6.54 Å². The third kappa shape index (κ3) is 2.72. The second-order valence-corrected chi connectivity index (χ2v) is 7.04. The van der Waals surface area contributed by atoms with E-state index in [1.54, 1.807) is 6.07 Å². The molecule has 1 aliphatic heterocycles. The van der Waals surface area contributed by atoms with Gasteiger partial charge < -0.3 is 4.90 Å². The van der Waals surface area contributed by atoms with Crippen molar-refractivity contribution in [1.82, 2.24) is 14.5 Å². The minimum Gasteiger partial charge on any atom is -0.338 e. The van der Waals surface area contributed by atoms with Crippen molar-refractivity contribution in [3.8, 4) is 0 Å². The molecule has 1 aromatic carbocycles. The predicted octanol–water partition coefficient (Wildman–Crippen LogP) is 2.58. The van der Waals surface area contributed by atoms with E-state index in [2.05, 4.69) is 4.98 Å². The van der Waals surface area contributed by atoms with Crippen molar-refractivity contribution in [1.29, 1.82) is 0 Å². The molecular formula is C19H23N3O2. The largest absolute Gasteiger partial charge is 0.338 e. The number of piperidine rings is 1. The third-order valence-electron chi connectivity index (χ3n) is 5.60. The Kier molecular flexibility index (Phi) is 4.08. The van der Waals surface area contributed by atoms with Crippen LogP contribution >= 0.6 is 0 Å². The third-order valence-corrected chi connectivity index (χ3v) is 5.60. The number of hydrogen-bond acceptors (Lipinski definition) is 3. The fourth-order valence-electron chi connectivity index (χ4n) is 4.39. The lowest BCUT2D eigenvalue weighted by molar-refractivity contribution is -0.138. The quantitative estimate of drug-likeness (QED) is 0.853. The number of likely N-dealkylation sites (tertiary alicyclic amines) is 1. The number of fused-ring (bicyclic) bond motifs is 2. The van der Waals surface area contributed by atoms with Crippen LogP contribution in [-0.4, -0.2) is 32.9 Å². The molecule has 1 saturated heterocycles. The van der Waals surface area contributed by atoms with Gasteiger partial charge in [-0.25, -0.2) is 4.98 Å². The van der Waals surface area contributed by atoms with Gasteiger partial charge in [0.1, 0.15) is 6.54 Å². The molecule has 1 aliphatic carbocycles.